The molecule has 0 heterocycles. The Morgan fingerprint density at radius 1 is 0.277 bits per heavy atom. The molecule has 2 aliphatic carbocycles. The summed E-state index contributed by atoms with van der Waals surface area (Å²) in [6.45, 7) is 0. The Morgan fingerprint density at radius 3 is 1.57 bits per heavy atom. The Bertz CT molecular complexity index is 2500. The Kier molecular flexibility index (Phi) is 5.64. The molecule has 10 rings (SSSR count). The predicted octanol–water partition coefficient (Wildman–Crippen LogP) is 12.9. The van der Waals surface area contributed by atoms with E-state index >= 15 is 0 Å². The number of hydrogen-bond acceptors (Lipinski definition) is 1. The van der Waals surface area contributed by atoms with Gasteiger partial charge in [0.25, 0.3) is 0 Å². The summed E-state index contributed by atoms with van der Waals surface area (Å²) in [6.07, 6.45) is 0. The number of benzene rings is 8. The number of anilines is 3. The highest BCUT2D eigenvalue weighted by Gasteiger charge is 2.31. The van der Waals surface area contributed by atoms with Crippen LogP contribution < -0.4 is 4.90 Å². The van der Waals surface area contributed by atoms with Crippen molar-refractivity contribution in [3.63, 3.8) is 0 Å². The second-order valence-electron chi connectivity index (χ2n) is 12.4. The van der Waals surface area contributed by atoms with Crippen molar-refractivity contribution >= 4 is 27.8 Å². The topological polar surface area (TPSA) is 3.24 Å². The molecule has 47 heavy (non-hydrogen) atoms. The fourth-order valence-corrected chi connectivity index (χ4v) is 7.99. The van der Waals surface area contributed by atoms with Gasteiger partial charge in [-0.1, -0.05) is 146 Å². The second-order valence-corrected chi connectivity index (χ2v) is 12.4. The first-order valence-electron chi connectivity index (χ1n) is 16.3. The molecule has 0 saturated heterocycles. The van der Waals surface area contributed by atoms with E-state index in [1.165, 1.54) is 77.5 Å². The summed E-state index contributed by atoms with van der Waals surface area (Å²) >= 11 is 0. The van der Waals surface area contributed by atoms with Gasteiger partial charge in [-0.2, -0.15) is 0 Å². The molecule has 8 aromatic rings. The van der Waals surface area contributed by atoms with E-state index in [-0.39, 0.29) is 0 Å². The number of nitrogens with zero attached hydrogens (tertiary/aromatic N) is 1. The maximum Gasteiger partial charge on any atom is 0.0540 e. The van der Waals surface area contributed by atoms with Gasteiger partial charge in [-0.3, -0.25) is 0 Å². The minimum absolute atomic E-state index is 1.13. The molecule has 0 unspecified atom stereocenters. The van der Waals surface area contributed by atoms with E-state index in [1.807, 2.05) is 0 Å². The van der Waals surface area contributed by atoms with E-state index in [1.54, 1.807) is 0 Å². The molecule has 0 radical (unpaired) electrons. The summed E-state index contributed by atoms with van der Waals surface area (Å²) in [7, 11) is 0. The average Bonchev–Trinajstić information content (AvgIpc) is 3.25. The summed E-state index contributed by atoms with van der Waals surface area (Å²) < 4.78 is 0. The molecule has 0 amide bonds. The molecule has 0 N–H and O–H groups in total. The van der Waals surface area contributed by atoms with Crippen LogP contribution in [0.25, 0.3) is 77.5 Å². The lowest BCUT2D eigenvalue weighted by atomic mass is 9.83. The molecular formula is C46H29N. The zero-order valence-electron chi connectivity index (χ0n) is 25.7. The molecule has 1 nitrogen and oxygen atoms in total. The van der Waals surface area contributed by atoms with Gasteiger partial charge in [0, 0.05) is 16.9 Å². The smallest absolute Gasteiger partial charge is 0.0540 e. The van der Waals surface area contributed by atoms with Crippen molar-refractivity contribution in [1.82, 2.24) is 0 Å². The quantitative estimate of drug-likeness (QED) is 0.196. The third kappa shape index (κ3) is 3.84. The second kappa shape index (κ2) is 10.2. The van der Waals surface area contributed by atoms with Crippen molar-refractivity contribution in [3.8, 4) is 66.8 Å². The fourth-order valence-electron chi connectivity index (χ4n) is 7.99. The molecule has 218 valence electrons. The molecule has 0 aliphatic heterocycles. The minimum atomic E-state index is 1.13. The zero-order chi connectivity index (χ0) is 30.9. The van der Waals surface area contributed by atoms with Crippen molar-refractivity contribution in [2.24, 2.45) is 0 Å². The monoisotopic (exact) mass is 595 g/mol. The molecule has 0 spiro atoms. The molecule has 6 bridgehead atoms. The number of hydrogen-bond donors (Lipinski definition) is 0. The SMILES string of the molecule is c1ccc(N(c2ccc3c(c2)-c2c4cccc2-c2cccc-3c2-c2ccccc2-4)c2ccccc2-c2cccc3ccccc23)cc1. The fraction of sp³-hybridized carbons (Fsp3) is 0. The Labute approximate surface area is 274 Å². The normalized spacial score (nSPS) is 11.8. The Hall–Kier alpha value is -6.18. The van der Waals surface area contributed by atoms with Gasteiger partial charge >= 0.3 is 0 Å². The first-order valence-corrected chi connectivity index (χ1v) is 16.3. The van der Waals surface area contributed by atoms with Crippen LogP contribution in [0.4, 0.5) is 17.1 Å². The van der Waals surface area contributed by atoms with Gasteiger partial charge in [-0.15, -0.1) is 0 Å². The first-order chi connectivity index (χ1) is 23.3. The third-order valence-electron chi connectivity index (χ3n) is 9.97. The van der Waals surface area contributed by atoms with E-state index in [9.17, 15) is 0 Å². The van der Waals surface area contributed by atoms with E-state index in [4.69, 9.17) is 0 Å². The standard InChI is InChI=1S/C46H29N/c1-2-15-31(16-3-1)47(44-26-9-8-19-37(44)34-21-10-14-30-13-4-5-17-33(30)34)32-27-28-36-40-23-12-24-41-42-25-11-22-39(46(42)43(36)29-32)35-18-6-7-20-38(35)45(40)41/h1-29H. The van der Waals surface area contributed by atoms with E-state index in [2.05, 4.69) is 181 Å². The summed E-state index contributed by atoms with van der Waals surface area (Å²) in [5.74, 6) is 0. The van der Waals surface area contributed by atoms with Crippen LogP contribution in [0.1, 0.15) is 0 Å². The Morgan fingerprint density at radius 2 is 0.787 bits per heavy atom. The molecule has 0 saturated carbocycles. The molecule has 0 atom stereocenters. The molecule has 1 heteroatoms. The van der Waals surface area contributed by atoms with Crippen molar-refractivity contribution in [1.29, 1.82) is 0 Å². The van der Waals surface area contributed by atoms with Gasteiger partial charge < -0.3 is 4.90 Å². The van der Waals surface area contributed by atoms with Crippen LogP contribution in [0.3, 0.4) is 0 Å². The van der Waals surface area contributed by atoms with Crippen LogP contribution in [0.5, 0.6) is 0 Å². The highest BCUT2D eigenvalue weighted by Crippen LogP contribution is 2.58. The van der Waals surface area contributed by atoms with Gasteiger partial charge in [-0.25, -0.2) is 0 Å². The van der Waals surface area contributed by atoms with Crippen LogP contribution in [0.15, 0.2) is 176 Å². The molecule has 0 aromatic heterocycles. The van der Waals surface area contributed by atoms with Crippen molar-refractivity contribution in [3.05, 3.63) is 176 Å². The minimum Gasteiger partial charge on any atom is -0.310 e. The third-order valence-corrected chi connectivity index (χ3v) is 9.97. The van der Waals surface area contributed by atoms with E-state index in [0.29, 0.717) is 0 Å². The Balaban J connectivity index is 1.26. The van der Waals surface area contributed by atoms with Crippen LogP contribution in [0, 0.1) is 0 Å². The summed E-state index contributed by atoms with van der Waals surface area (Å²) in [5.41, 5.74) is 18.8. The zero-order valence-corrected chi connectivity index (χ0v) is 25.7. The summed E-state index contributed by atoms with van der Waals surface area (Å²) in [6, 6.07) is 64.6. The van der Waals surface area contributed by atoms with Crippen molar-refractivity contribution in [2.75, 3.05) is 4.90 Å². The first kappa shape index (κ1) is 26.1. The van der Waals surface area contributed by atoms with Crippen LogP contribution in [0.2, 0.25) is 0 Å². The van der Waals surface area contributed by atoms with E-state index in [0.717, 1.165) is 17.1 Å². The van der Waals surface area contributed by atoms with E-state index < -0.39 is 0 Å². The summed E-state index contributed by atoms with van der Waals surface area (Å²) in [4.78, 5) is 2.43. The predicted molar refractivity (Wildman–Crippen MR) is 198 cm³/mol. The van der Waals surface area contributed by atoms with Crippen molar-refractivity contribution < 1.29 is 0 Å². The molecule has 2 aliphatic rings. The number of rotatable bonds is 4. The van der Waals surface area contributed by atoms with Crippen LogP contribution >= 0.6 is 0 Å². The van der Waals surface area contributed by atoms with Gasteiger partial charge in [0.2, 0.25) is 0 Å². The highest BCUT2D eigenvalue weighted by atomic mass is 15.1. The van der Waals surface area contributed by atoms with Gasteiger partial charge in [-0.05, 0) is 102 Å². The van der Waals surface area contributed by atoms with Crippen LogP contribution in [-0.2, 0) is 0 Å². The van der Waals surface area contributed by atoms with Crippen LogP contribution in [-0.4, -0.2) is 0 Å². The lowest BCUT2D eigenvalue weighted by Gasteiger charge is -2.29. The van der Waals surface area contributed by atoms with Crippen molar-refractivity contribution in [2.45, 2.75) is 0 Å². The number of fused-ring (bicyclic) bond motifs is 5. The average molecular weight is 596 g/mol. The lowest BCUT2D eigenvalue weighted by molar-refractivity contribution is 1.28. The van der Waals surface area contributed by atoms with Gasteiger partial charge in [0.1, 0.15) is 0 Å². The highest BCUT2D eigenvalue weighted by molar-refractivity contribution is 6.15. The molecule has 0 fully saturated rings. The largest absolute Gasteiger partial charge is 0.310 e. The van der Waals surface area contributed by atoms with Gasteiger partial charge in [0.05, 0.1) is 5.69 Å². The summed E-state index contributed by atoms with van der Waals surface area (Å²) in [5, 5.41) is 2.50. The molecular weight excluding hydrogens is 567 g/mol. The maximum absolute atomic E-state index is 2.43. The van der Waals surface area contributed by atoms with Gasteiger partial charge in [0.15, 0.2) is 0 Å². The number of para-hydroxylation sites is 2. The lowest BCUT2D eigenvalue weighted by Crippen LogP contribution is -2.11. The molecule has 8 aromatic carbocycles. The maximum atomic E-state index is 2.43.